The number of hydrogen-bond acceptors (Lipinski definition) is 4. The van der Waals surface area contributed by atoms with E-state index >= 15 is 0 Å². The molecule has 0 bridgehead atoms. The van der Waals surface area contributed by atoms with Gasteiger partial charge in [0.25, 0.3) is 0 Å². The fraction of sp³-hybridized carbons (Fsp3) is 0.692. The predicted octanol–water partition coefficient (Wildman–Crippen LogP) is 2.85. The zero-order valence-electron chi connectivity index (χ0n) is 10.4. The molecule has 4 heteroatoms. The van der Waals surface area contributed by atoms with Crippen molar-refractivity contribution in [2.75, 3.05) is 7.11 Å². The summed E-state index contributed by atoms with van der Waals surface area (Å²) < 4.78 is 5.56. The Morgan fingerprint density at radius 2 is 2.29 bits per heavy atom. The first kappa shape index (κ1) is 12.7. The van der Waals surface area contributed by atoms with Gasteiger partial charge >= 0.3 is 0 Å². The van der Waals surface area contributed by atoms with Crippen LogP contribution in [0.1, 0.15) is 37.6 Å². The Bertz CT molecular complexity index is 367. The van der Waals surface area contributed by atoms with Crippen molar-refractivity contribution < 1.29 is 9.53 Å². The van der Waals surface area contributed by atoms with E-state index in [0.29, 0.717) is 12.3 Å². The summed E-state index contributed by atoms with van der Waals surface area (Å²) in [6.07, 6.45) is 6.04. The van der Waals surface area contributed by atoms with Gasteiger partial charge in [0.15, 0.2) is 5.78 Å². The van der Waals surface area contributed by atoms with Crippen LogP contribution in [0.25, 0.3) is 0 Å². The molecule has 3 nitrogen and oxygen atoms in total. The lowest BCUT2D eigenvalue weighted by Crippen LogP contribution is -2.44. The maximum atomic E-state index is 12.4. The van der Waals surface area contributed by atoms with Crippen molar-refractivity contribution in [3.05, 3.63) is 16.6 Å². The topological polar surface area (TPSA) is 39.2 Å². The largest absolute Gasteiger partial charge is 0.370 e. The quantitative estimate of drug-likeness (QED) is 0.828. The van der Waals surface area contributed by atoms with Crippen LogP contribution < -0.4 is 0 Å². The number of carbonyl (C=O) groups is 1. The molecule has 0 N–H and O–H groups in total. The van der Waals surface area contributed by atoms with Gasteiger partial charge < -0.3 is 4.74 Å². The summed E-state index contributed by atoms with van der Waals surface area (Å²) in [6, 6.07) is 0. The Kier molecular flexibility index (Phi) is 3.94. The molecule has 1 aromatic rings. The van der Waals surface area contributed by atoms with Gasteiger partial charge in [0.1, 0.15) is 5.60 Å². The lowest BCUT2D eigenvalue weighted by atomic mass is 9.76. The molecule has 1 saturated carbocycles. The van der Waals surface area contributed by atoms with Crippen LogP contribution >= 0.6 is 11.3 Å². The number of hydrogen-bond donors (Lipinski definition) is 0. The van der Waals surface area contributed by atoms with Crippen LogP contribution in [0, 0.1) is 5.92 Å². The van der Waals surface area contributed by atoms with Gasteiger partial charge in [0.05, 0.1) is 11.4 Å². The average Bonchev–Trinajstić information content (AvgIpc) is 2.83. The first-order valence-corrected chi connectivity index (χ1v) is 7.01. The molecule has 0 radical (unpaired) electrons. The molecule has 2 rings (SSSR count). The third-order valence-corrected chi connectivity index (χ3v) is 4.56. The Hall–Kier alpha value is -0.740. The van der Waals surface area contributed by atoms with E-state index in [-0.39, 0.29) is 5.78 Å². The lowest BCUT2D eigenvalue weighted by Gasteiger charge is -2.36. The number of ether oxygens (including phenoxy) is 1. The van der Waals surface area contributed by atoms with Gasteiger partial charge in [-0.2, -0.15) is 0 Å². The van der Waals surface area contributed by atoms with Crippen molar-refractivity contribution in [1.82, 2.24) is 4.98 Å². The van der Waals surface area contributed by atoms with E-state index in [2.05, 4.69) is 11.9 Å². The molecule has 0 amide bonds. The number of carbonyl (C=O) groups excluding carboxylic acids is 1. The summed E-state index contributed by atoms with van der Waals surface area (Å²) in [5, 5.41) is 2.80. The summed E-state index contributed by atoms with van der Waals surface area (Å²) in [5.74, 6) is 0.910. The van der Waals surface area contributed by atoms with Crippen LogP contribution in [-0.4, -0.2) is 23.5 Å². The standard InChI is InChI=1S/C13H19NO2S/c1-10-3-5-13(16-2,6-4-10)11(15)9-12-14-7-8-17-12/h7-8,10H,3-6,9H2,1-2H3. The minimum absolute atomic E-state index is 0.196. The van der Waals surface area contributed by atoms with Crippen molar-refractivity contribution >= 4 is 17.1 Å². The number of aromatic nitrogens is 1. The zero-order valence-corrected chi connectivity index (χ0v) is 11.3. The highest BCUT2D eigenvalue weighted by Crippen LogP contribution is 2.35. The van der Waals surface area contributed by atoms with E-state index in [1.165, 1.54) is 11.3 Å². The fourth-order valence-corrected chi connectivity index (χ4v) is 3.08. The van der Waals surface area contributed by atoms with Crippen LogP contribution in [-0.2, 0) is 16.0 Å². The molecule has 1 aliphatic carbocycles. The minimum Gasteiger partial charge on any atom is -0.370 e. The molecule has 0 atom stereocenters. The van der Waals surface area contributed by atoms with Crippen LogP contribution in [0.3, 0.4) is 0 Å². The molecule has 0 aliphatic heterocycles. The van der Waals surface area contributed by atoms with Gasteiger partial charge in [-0.3, -0.25) is 4.79 Å². The molecule has 1 aromatic heterocycles. The van der Waals surface area contributed by atoms with Gasteiger partial charge in [-0.25, -0.2) is 4.98 Å². The van der Waals surface area contributed by atoms with Crippen LogP contribution in [0.4, 0.5) is 0 Å². The second-order valence-corrected chi connectivity index (χ2v) is 5.89. The van der Waals surface area contributed by atoms with Crippen molar-refractivity contribution in [3.63, 3.8) is 0 Å². The molecule has 17 heavy (non-hydrogen) atoms. The minimum atomic E-state index is -0.543. The predicted molar refractivity (Wildman–Crippen MR) is 68.2 cm³/mol. The highest BCUT2D eigenvalue weighted by molar-refractivity contribution is 7.09. The second-order valence-electron chi connectivity index (χ2n) is 4.91. The maximum Gasteiger partial charge on any atom is 0.171 e. The third-order valence-electron chi connectivity index (χ3n) is 3.78. The van der Waals surface area contributed by atoms with Crippen molar-refractivity contribution in [3.8, 4) is 0 Å². The molecule has 0 spiro atoms. The number of rotatable bonds is 4. The third kappa shape index (κ3) is 2.75. The highest BCUT2D eigenvalue weighted by atomic mass is 32.1. The fourth-order valence-electron chi connectivity index (χ4n) is 2.46. The van der Waals surface area contributed by atoms with E-state index in [4.69, 9.17) is 4.74 Å². The smallest absolute Gasteiger partial charge is 0.171 e. The molecule has 1 aliphatic rings. The van der Waals surface area contributed by atoms with Gasteiger partial charge in [0.2, 0.25) is 0 Å². The number of ketones is 1. The molecule has 0 unspecified atom stereocenters. The Morgan fingerprint density at radius 3 is 2.82 bits per heavy atom. The molecule has 0 saturated heterocycles. The molecular formula is C13H19NO2S. The summed E-state index contributed by atoms with van der Waals surface area (Å²) in [5.41, 5.74) is -0.543. The van der Waals surface area contributed by atoms with Gasteiger partial charge in [-0.15, -0.1) is 11.3 Å². The molecule has 0 aromatic carbocycles. The second kappa shape index (κ2) is 5.27. The first-order valence-electron chi connectivity index (χ1n) is 6.13. The van der Waals surface area contributed by atoms with Crippen LogP contribution in [0.2, 0.25) is 0 Å². The van der Waals surface area contributed by atoms with E-state index < -0.39 is 5.60 Å². The monoisotopic (exact) mass is 253 g/mol. The van der Waals surface area contributed by atoms with Gasteiger partial charge in [-0.05, 0) is 31.6 Å². The number of Topliss-reactive ketones (excluding diaryl/α,β-unsaturated/α-hetero) is 1. The van der Waals surface area contributed by atoms with Gasteiger partial charge in [-0.1, -0.05) is 6.92 Å². The van der Waals surface area contributed by atoms with E-state index in [9.17, 15) is 4.79 Å². The summed E-state index contributed by atoms with van der Waals surface area (Å²) >= 11 is 1.54. The Balaban J connectivity index is 2.05. The molecule has 1 heterocycles. The Morgan fingerprint density at radius 1 is 1.59 bits per heavy atom. The summed E-state index contributed by atoms with van der Waals surface area (Å²) in [4.78, 5) is 16.5. The van der Waals surface area contributed by atoms with Crippen LogP contribution in [0.5, 0.6) is 0 Å². The summed E-state index contributed by atoms with van der Waals surface area (Å²) in [6.45, 7) is 2.24. The molecule has 94 valence electrons. The number of thiazole rings is 1. The zero-order chi connectivity index (χ0) is 12.3. The first-order chi connectivity index (χ1) is 8.16. The van der Waals surface area contributed by atoms with Gasteiger partial charge in [0, 0.05) is 18.7 Å². The van der Waals surface area contributed by atoms with E-state index in [1.54, 1.807) is 13.3 Å². The van der Waals surface area contributed by atoms with Crippen molar-refractivity contribution in [1.29, 1.82) is 0 Å². The van der Waals surface area contributed by atoms with Crippen molar-refractivity contribution in [2.24, 2.45) is 5.92 Å². The summed E-state index contributed by atoms with van der Waals surface area (Å²) in [7, 11) is 1.66. The van der Waals surface area contributed by atoms with E-state index in [1.807, 2.05) is 5.38 Å². The van der Waals surface area contributed by atoms with Crippen LogP contribution in [0.15, 0.2) is 11.6 Å². The number of methoxy groups -OCH3 is 1. The molecule has 1 fully saturated rings. The van der Waals surface area contributed by atoms with Crippen molar-refractivity contribution in [2.45, 2.75) is 44.6 Å². The lowest BCUT2D eigenvalue weighted by molar-refractivity contribution is -0.145. The maximum absolute atomic E-state index is 12.4. The highest BCUT2D eigenvalue weighted by Gasteiger charge is 2.40. The normalized spacial score (nSPS) is 29.2. The Labute approximate surface area is 106 Å². The number of nitrogens with zero attached hydrogens (tertiary/aromatic N) is 1. The average molecular weight is 253 g/mol. The SMILES string of the molecule is COC1(C(=O)Cc2nccs2)CCC(C)CC1. The molecular weight excluding hydrogens is 234 g/mol. The van der Waals surface area contributed by atoms with E-state index in [0.717, 1.165) is 30.7 Å².